The number of hydrogen-bond donors (Lipinski definition) is 2. The number of nitrogens with zero attached hydrogens (tertiary/aromatic N) is 3. The molecule has 0 aliphatic carbocycles. The van der Waals surface area contributed by atoms with Crippen molar-refractivity contribution in [1.29, 1.82) is 5.26 Å². The van der Waals surface area contributed by atoms with Gasteiger partial charge >= 0.3 is 0 Å². The van der Waals surface area contributed by atoms with E-state index in [1.807, 2.05) is 6.07 Å². The monoisotopic (exact) mass is 377 g/mol. The molecule has 0 radical (unpaired) electrons. The number of carbonyl (C=O) groups is 1. The molecule has 2 N–H and O–H groups in total. The summed E-state index contributed by atoms with van der Waals surface area (Å²) in [5.74, 6) is -0.273. The van der Waals surface area contributed by atoms with Crippen LogP contribution in [0, 0.1) is 11.3 Å². The molecule has 2 aromatic rings. The van der Waals surface area contributed by atoms with Crippen LogP contribution in [0.2, 0.25) is 5.02 Å². The van der Waals surface area contributed by atoms with Crippen LogP contribution in [0.25, 0.3) is 0 Å². The van der Waals surface area contributed by atoms with Crippen LogP contribution in [0.3, 0.4) is 0 Å². The molecule has 0 saturated heterocycles. The third-order valence-corrected chi connectivity index (χ3v) is 3.09. The van der Waals surface area contributed by atoms with Gasteiger partial charge in [0, 0.05) is 29.3 Å². The predicted octanol–water partition coefficient (Wildman–Crippen LogP) is 3.35. The van der Waals surface area contributed by atoms with Crippen molar-refractivity contribution in [3.63, 3.8) is 0 Å². The number of rotatable bonds is 4. The zero-order valence-corrected chi connectivity index (χ0v) is 13.4. The molecular formula is C14H9BrClN5O. The fourth-order valence-electron chi connectivity index (χ4n) is 1.40. The number of anilines is 2. The number of hydrogen-bond acceptors (Lipinski definition) is 5. The first-order valence-corrected chi connectivity index (χ1v) is 7.17. The van der Waals surface area contributed by atoms with Gasteiger partial charge in [-0.25, -0.2) is 9.97 Å². The molecule has 22 heavy (non-hydrogen) atoms. The summed E-state index contributed by atoms with van der Waals surface area (Å²) in [5, 5.41) is 14.9. The molecule has 0 aliphatic rings. The molecule has 110 valence electrons. The van der Waals surface area contributed by atoms with Crippen molar-refractivity contribution in [1.82, 2.24) is 9.97 Å². The Morgan fingerprint density at radius 3 is 2.50 bits per heavy atom. The zero-order chi connectivity index (χ0) is 15.9. The summed E-state index contributed by atoms with van der Waals surface area (Å²) in [4.78, 5) is 19.9. The lowest BCUT2D eigenvalue weighted by Gasteiger charge is -2.04. The summed E-state index contributed by atoms with van der Waals surface area (Å²) < 4.78 is 0.725. The third kappa shape index (κ3) is 4.55. The lowest BCUT2D eigenvalue weighted by Crippen LogP contribution is -2.14. The molecule has 6 nitrogen and oxygen atoms in total. The fraction of sp³-hybridized carbons (Fsp3) is 0. The van der Waals surface area contributed by atoms with Crippen LogP contribution in [-0.2, 0) is 4.79 Å². The first kappa shape index (κ1) is 15.9. The first-order chi connectivity index (χ1) is 10.6. The fourth-order valence-corrected chi connectivity index (χ4v) is 1.73. The summed E-state index contributed by atoms with van der Waals surface area (Å²) in [5.41, 5.74) is 0.428. The summed E-state index contributed by atoms with van der Waals surface area (Å²) in [7, 11) is 0. The highest BCUT2D eigenvalue weighted by Crippen LogP contribution is 2.14. The van der Waals surface area contributed by atoms with Crippen LogP contribution in [0.5, 0.6) is 0 Å². The van der Waals surface area contributed by atoms with Crippen molar-refractivity contribution < 1.29 is 4.79 Å². The topological polar surface area (TPSA) is 90.7 Å². The van der Waals surface area contributed by atoms with E-state index in [4.69, 9.17) is 16.9 Å². The molecule has 2 rings (SSSR count). The molecule has 0 unspecified atom stereocenters. The van der Waals surface area contributed by atoms with E-state index in [0.29, 0.717) is 10.7 Å². The van der Waals surface area contributed by atoms with Crippen LogP contribution in [-0.4, -0.2) is 15.9 Å². The molecule has 1 heterocycles. The zero-order valence-electron chi connectivity index (χ0n) is 11.0. The van der Waals surface area contributed by atoms with Gasteiger partial charge in [0.2, 0.25) is 5.95 Å². The van der Waals surface area contributed by atoms with E-state index in [1.165, 1.54) is 6.20 Å². The number of halogens is 2. The van der Waals surface area contributed by atoms with E-state index >= 15 is 0 Å². The van der Waals surface area contributed by atoms with Crippen molar-refractivity contribution >= 4 is 45.1 Å². The molecule has 0 aliphatic heterocycles. The van der Waals surface area contributed by atoms with Gasteiger partial charge in [-0.1, -0.05) is 11.6 Å². The van der Waals surface area contributed by atoms with Gasteiger partial charge in [-0.15, -0.1) is 0 Å². The van der Waals surface area contributed by atoms with Gasteiger partial charge in [0.15, 0.2) is 0 Å². The minimum atomic E-state index is -0.547. The Hall–Kier alpha value is -2.43. The lowest BCUT2D eigenvalue weighted by molar-refractivity contribution is -0.112. The smallest absolute Gasteiger partial charge is 0.267 e. The third-order valence-electron chi connectivity index (χ3n) is 2.43. The SMILES string of the molecule is N#C/C(=C/Nc1ncc(Br)cn1)C(=O)Nc1ccc(Cl)cc1. The van der Waals surface area contributed by atoms with Crippen LogP contribution < -0.4 is 10.6 Å². The van der Waals surface area contributed by atoms with Gasteiger partial charge in [-0.2, -0.15) is 5.26 Å². The maximum absolute atomic E-state index is 12.0. The van der Waals surface area contributed by atoms with Gasteiger partial charge in [-0.3, -0.25) is 4.79 Å². The highest BCUT2D eigenvalue weighted by Gasteiger charge is 2.09. The van der Waals surface area contributed by atoms with Crippen LogP contribution >= 0.6 is 27.5 Å². The van der Waals surface area contributed by atoms with Crippen LogP contribution in [0.1, 0.15) is 0 Å². The van der Waals surface area contributed by atoms with E-state index in [0.717, 1.165) is 4.47 Å². The van der Waals surface area contributed by atoms with Crippen molar-refractivity contribution in [2.45, 2.75) is 0 Å². The predicted molar refractivity (Wildman–Crippen MR) is 87.1 cm³/mol. The van der Waals surface area contributed by atoms with Gasteiger partial charge in [0.1, 0.15) is 11.6 Å². The van der Waals surface area contributed by atoms with Crippen LogP contribution in [0.4, 0.5) is 11.6 Å². The lowest BCUT2D eigenvalue weighted by atomic mass is 10.2. The number of nitriles is 1. The summed E-state index contributed by atoms with van der Waals surface area (Å²) >= 11 is 8.97. The van der Waals surface area contributed by atoms with Gasteiger partial charge < -0.3 is 10.6 Å². The van der Waals surface area contributed by atoms with E-state index < -0.39 is 5.91 Å². The summed E-state index contributed by atoms with van der Waals surface area (Å²) in [6.07, 6.45) is 4.33. The van der Waals surface area contributed by atoms with Crippen molar-refractivity contribution in [2.24, 2.45) is 0 Å². The minimum Gasteiger partial charge on any atom is -0.329 e. The van der Waals surface area contributed by atoms with E-state index in [-0.39, 0.29) is 11.5 Å². The molecule has 0 bridgehead atoms. The molecule has 1 amide bonds. The largest absolute Gasteiger partial charge is 0.329 e. The number of benzene rings is 1. The molecule has 1 aromatic carbocycles. The Labute approximate surface area is 140 Å². The van der Waals surface area contributed by atoms with Gasteiger partial charge in [0.25, 0.3) is 5.91 Å². The molecule has 0 saturated carbocycles. The van der Waals surface area contributed by atoms with Crippen molar-refractivity contribution in [3.05, 3.63) is 57.9 Å². The maximum Gasteiger partial charge on any atom is 0.267 e. The standard InChI is InChI=1S/C14H9BrClN5O/c15-10-7-19-14(20-8-10)18-6-9(5-17)13(22)21-12-3-1-11(16)2-4-12/h1-4,6-8H,(H,21,22)(H,18,19,20)/b9-6-. The Balaban J connectivity index is 2.05. The summed E-state index contributed by atoms with van der Waals surface area (Å²) in [6.45, 7) is 0. The second kappa shape index (κ2) is 7.54. The Morgan fingerprint density at radius 1 is 1.27 bits per heavy atom. The average molecular weight is 379 g/mol. The molecule has 1 aromatic heterocycles. The molecule has 0 spiro atoms. The van der Waals surface area contributed by atoms with E-state index in [2.05, 4.69) is 36.5 Å². The number of carbonyl (C=O) groups excluding carboxylic acids is 1. The van der Waals surface area contributed by atoms with Crippen molar-refractivity contribution in [3.8, 4) is 6.07 Å². The van der Waals surface area contributed by atoms with Crippen LogP contribution in [0.15, 0.2) is 52.9 Å². The number of nitrogens with one attached hydrogen (secondary N) is 2. The van der Waals surface area contributed by atoms with Gasteiger partial charge in [0.05, 0.1) is 4.47 Å². The maximum atomic E-state index is 12.0. The first-order valence-electron chi connectivity index (χ1n) is 6.00. The normalized spacial score (nSPS) is 10.7. The average Bonchev–Trinajstić information content (AvgIpc) is 2.52. The van der Waals surface area contributed by atoms with Crippen molar-refractivity contribution in [2.75, 3.05) is 10.6 Å². The molecular weight excluding hydrogens is 370 g/mol. The second-order valence-electron chi connectivity index (χ2n) is 4.00. The molecule has 8 heteroatoms. The quantitative estimate of drug-likeness (QED) is 0.629. The van der Waals surface area contributed by atoms with Gasteiger partial charge in [-0.05, 0) is 40.2 Å². The number of amides is 1. The van der Waals surface area contributed by atoms with E-state index in [1.54, 1.807) is 36.7 Å². The Kier molecular flexibility index (Phi) is 5.47. The van der Waals surface area contributed by atoms with E-state index in [9.17, 15) is 4.79 Å². The second-order valence-corrected chi connectivity index (χ2v) is 5.35. The summed E-state index contributed by atoms with van der Waals surface area (Å²) in [6, 6.07) is 8.37. The highest BCUT2D eigenvalue weighted by atomic mass is 79.9. The Bertz CT molecular complexity index is 737. The number of aromatic nitrogens is 2. The Morgan fingerprint density at radius 2 is 1.91 bits per heavy atom. The molecule has 0 fully saturated rings. The highest BCUT2D eigenvalue weighted by molar-refractivity contribution is 9.10. The minimum absolute atomic E-state index is 0.110. The molecule has 0 atom stereocenters.